The van der Waals surface area contributed by atoms with Crippen LogP contribution >= 0.6 is 12.6 Å². The number of rotatable bonds is 3. The molecule has 0 spiro atoms. The van der Waals surface area contributed by atoms with Crippen LogP contribution in [-0.2, 0) is 10.8 Å². The summed E-state index contributed by atoms with van der Waals surface area (Å²) in [4.78, 5) is 14.3. The summed E-state index contributed by atoms with van der Waals surface area (Å²) in [5.74, 6) is -0.524. The highest BCUT2D eigenvalue weighted by Gasteiger charge is 2.45. The largest absolute Gasteiger partial charge is 0.371 e. The minimum Gasteiger partial charge on any atom is -0.371 e. The number of anilines is 2. The van der Waals surface area contributed by atoms with Crippen molar-refractivity contribution in [2.45, 2.75) is 37.5 Å². The molecule has 3 aromatic carbocycles. The van der Waals surface area contributed by atoms with E-state index in [0.717, 1.165) is 53.9 Å². The van der Waals surface area contributed by atoms with E-state index in [1.807, 2.05) is 36.4 Å². The lowest BCUT2D eigenvalue weighted by atomic mass is 9.64. The van der Waals surface area contributed by atoms with E-state index in [-0.39, 0.29) is 22.5 Å². The highest BCUT2D eigenvalue weighted by atomic mass is 32.1. The van der Waals surface area contributed by atoms with Gasteiger partial charge in [0.25, 0.3) is 5.24 Å². The average Bonchev–Trinajstić information content (AvgIpc) is 2.78. The van der Waals surface area contributed by atoms with Crippen molar-refractivity contribution < 1.29 is 13.6 Å². The second-order valence-corrected chi connectivity index (χ2v) is 9.92. The molecular weight excluding hydrogens is 438 g/mol. The Hall–Kier alpha value is -2.86. The van der Waals surface area contributed by atoms with E-state index in [9.17, 15) is 13.6 Å². The van der Waals surface area contributed by atoms with Gasteiger partial charge in [-0.25, -0.2) is 8.78 Å². The normalized spacial score (nSPS) is 23.7. The molecule has 0 aliphatic carbocycles. The van der Waals surface area contributed by atoms with Crippen LogP contribution in [0.25, 0.3) is 0 Å². The summed E-state index contributed by atoms with van der Waals surface area (Å²) in [5, 5.41) is 2.42. The number of hydrogen-bond donors (Lipinski definition) is 2. The first-order valence-electron chi connectivity index (χ1n) is 11.2. The SMILES string of the molecule is C[C@@]1(c2ccc(F)cc2)CCN2CC[C@@](C)(c3ccc(F)cc3)c3cc(NC(=O)S)cc1c32. The number of amides is 1. The van der Waals surface area contributed by atoms with Gasteiger partial charge in [-0.15, -0.1) is 0 Å². The molecule has 2 heterocycles. The molecular formula is C27H26F2N2OS. The molecule has 1 N–H and O–H groups in total. The van der Waals surface area contributed by atoms with Crippen molar-refractivity contribution in [1.82, 2.24) is 0 Å². The average molecular weight is 465 g/mol. The number of benzene rings is 3. The fourth-order valence-electron chi connectivity index (χ4n) is 5.57. The maximum absolute atomic E-state index is 13.7. The zero-order chi connectivity index (χ0) is 23.4. The maximum atomic E-state index is 13.7. The van der Waals surface area contributed by atoms with Crippen molar-refractivity contribution >= 4 is 29.2 Å². The van der Waals surface area contributed by atoms with Gasteiger partial charge in [-0.1, -0.05) is 50.7 Å². The molecule has 0 aromatic heterocycles. The topological polar surface area (TPSA) is 32.3 Å². The highest BCUT2D eigenvalue weighted by Crippen LogP contribution is 2.54. The Balaban J connectivity index is 1.76. The van der Waals surface area contributed by atoms with Gasteiger partial charge < -0.3 is 10.2 Å². The monoisotopic (exact) mass is 464 g/mol. The van der Waals surface area contributed by atoms with Crippen molar-refractivity contribution in [1.29, 1.82) is 0 Å². The smallest absolute Gasteiger partial charge is 0.280 e. The van der Waals surface area contributed by atoms with E-state index < -0.39 is 5.24 Å². The number of hydrogen-bond acceptors (Lipinski definition) is 2. The zero-order valence-electron chi connectivity index (χ0n) is 18.7. The van der Waals surface area contributed by atoms with E-state index in [1.54, 1.807) is 0 Å². The van der Waals surface area contributed by atoms with Gasteiger partial charge in [0.15, 0.2) is 0 Å². The maximum Gasteiger partial charge on any atom is 0.280 e. The fraction of sp³-hybridized carbons (Fsp3) is 0.296. The second-order valence-electron chi connectivity index (χ2n) is 9.52. The lowest BCUT2D eigenvalue weighted by Crippen LogP contribution is -2.47. The van der Waals surface area contributed by atoms with Crippen LogP contribution in [0.15, 0.2) is 60.7 Å². The van der Waals surface area contributed by atoms with Crippen LogP contribution in [0.1, 0.15) is 48.9 Å². The second kappa shape index (κ2) is 7.87. The number of carbonyl (C=O) groups excluding carboxylic acids is 1. The molecule has 5 rings (SSSR count). The van der Waals surface area contributed by atoms with Crippen LogP contribution in [0.2, 0.25) is 0 Å². The van der Waals surface area contributed by atoms with Crippen LogP contribution in [0.5, 0.6) is 0 Å². The molecule has 0 bridgehead atoms. The molecule has 1 amide bonds. The fourth-order valence-corrected chi connectivity index (χ4v) is 5.70. The van der Waals surface area contributed by atoms with Crippen LogP contribution in [0.3, 0.4) is 0 Å². The van der Waals surface area contributed by atoms with E-state index in [0.29, 0.717) is 5.69 Å². The first-order chi connectivity index (χ1) is 15.7. The minimum absolute atomic E-state index is 0.262. The van der Waals surface area contributed by atoms with Crippen LogP contribution in [-0.4, -0.2) is 18.3 Å². The molecule has 0 saturated carbocycles. The number of nitrogens with zero attached hydrogens (tertiary/aromatic N) is 1. The molecule has 0 saturated heterocycles. The summed E-state index contributed by atoms with van der Waals surface area (Å²) >= 11 is 3.94. The number of halogens is 2. The Labute approximate surface area is 198 Å². The summed E-state index contributed by atoms with van der Waals surface area (Å²) in [6.07, 6.45) is 1.74. The Morgan fingerprint density at radius 2 is 1.27 bits per heavy atom. The molecule has 170 valence electrons. The van der Waals surface area contributed by atoms with Gasteiger partial charge in [0.05, 0.1) is 0 Å². The third-order valence-corrected chi connectivity index (χ3v) is 7.70. The van der Waals surface area contributed by atoms with Crippen LogP contribution in [0.4, 0.5) is 25.0 Å². The standard InChI is InChI=1S/C27H26F2N2OS/c1-26(17-3-7-19(28)8-4-17)11-13-31-14-12-27(2,18-5-9-20(29)10-6-18)23-16-21(30-25(32)33)15-22(26)24(23)31/h3-10,15-16H,11-14H2,1-2H3,(H2,30,32,33)/t26-,27-/m0/s1. The minimum atomic E-state index is -0.433. The van der Waals surface area contributed by atoms with Gasteiger partial charge in [0, 0.05) is 35.3 Å². The predicted octanol–water partition coefficient (Wildman–Crippen LogP) is 6.65. The van der Waals surface area contributed by atoms with Crippen LogP contribution < -0.4 is 10.2 Å². The molecule has 0 fully saturated rings. The van der Waals surface area contributed by atoms with Gasteiger partial charge in [-0.2, -0.15) is 0 Å². The molecule has 3 aromatic rings. The van der Waals surface area contributed by atoms with Gasteiger partial charge in [0.2, 0.25) is 0 Å². The molecule has 6 heteroatoms. The Bertz CT molecular complexity index is 1140. The first-order valence-corrected chi connectivity index (χ1v) is 11.6. The third-order valence-electron chi connectivity index (χ3n) is 7.59. The molecule has 2 aliphatic heterocycles. The van der Waals surface area contributed by atoms with E-state index in [4.69, 9.17) is 0 Å². The number of nitrogens with one attached hydrogen (secondary N) is 1. The number of carbonyl (C=O) groups is 1. The lowest BCUT2D eigenvalue weighted by molar-refractivity contribution is 0.270. The van der Waals surface area contributed by atoms with Crippen molar-refractivity contribution in [3.63, 3.8) is 0 Å². The van der Waals surface area contributed by atoms with Gasteiger partial charge in [-0.3, -0.25) is 4.79 Å². The molecule has 3 nitrogen and oxygen atoms in total. The summed E-state index contributed by atoms with van der Waals surface area (Å²) in [5.41, 5.74) is 5.39. The Kier molecular flexibility index (Phi) is 5.24. The van der Waals surface area contributed by atoms with Gasteiger partial charge in [0.1, 0.15) is 11.6 Å². The van der Waals surface area contributed by atoms with Gasteiger partial charge in [-0.05, 0) is 71.5 Å². The van der Waals surface area contributed by atoms with E-state index >= 15 is 0 Å². The van der Waals surface area contributed by atoms with Crippen molar-refractivity contribution in [3.05, 3.63) is 94.6 Å². The quantitative estimate of drug-likeness (QED) is 0.425. The predicted molar refractivity (Wildman–Crippen MR) is 132 cm³/mol. The summed E-state index contributed by atoms with van der Waals surface area (Å²) in [6.45, 7) is 6.13. The first kappa shape index (κ1) is 22.0. The van der Waals surface area contributed by atoms with Gasteiger partial charge >= 0.3 is 0 Å². The van der Waals surface area contributed by atoms with Crippen molar-refractivity contribution in [2.24, 2.45) is 0 Å². The Morgan fingerprint density at radius 3 is 1.67 bits per heavy atom. The molecule has 2 atom stereocenters. The third kappa shape index (κ3) is 3.61. The van der Waals surface area contributed by atoms with Crippen molar-refractivity contribution in [2.75, 3.05) is 23.3 Å². The van der Waals surface area contributed by atoms with Crippen molar-refractivity contribution in [3.8, 4) is 0 Å². The summed E-state index contributed by atoms with van der Waals surface area (Å²) in [7, 11) is 0. The zero-order valence-corrected chi connectivity index (χ0v) is 19.6. The summed E-state index contributed by atoms with van der Waals surface area (Å²) < 4.78 is 27.4. The summed E-state index contributed by atoms with van der Waals surface area (Å²) in [6, 6.07) is 17.5. The van der Waals surface area contributed by atoms with E-state index in [1.165, 1.54) is 24.3 Å². The molecule has 0 radical (unpaired) electrons. The molecule has 2 aliphatic rings. The Morgan fingerprint density at radius 1 is 0.848 bits per heavy atom. The lowest BCUT2D eigenvalue weighted by Gasteiger charge is -2.50. The number of thiol groups is 1. The van der Waals surface area contributed by atoms with Crippen LogP contribution in [0, 0.1) is 11.6 Å². The highest BCUT2D eigenvalue weighted by molar-refractivity contribution is 7.96. The molecule has 33 heavy (non-hydrogen) atoms. The molecule has 0 unspecified atom stereocenters. The van der Waals surface area contributed by atoms with E-state index in [2.05, 4.69) is 36.7 Å².